The Bertz CT molecular complexity index is 586. The van der Waals surface area contributed by atoms with Gasteiger partial charge in [-0.3, -0.25) is 0 Å². The first-order chi connectivity index (χ1) is 8.43. The predicted octanol–water partition coefficient (Wildman–Crippen LogP) is 2.05. The standard InChI is InChI=1S/C12H10N4O/c1-2-4-9(5-3-1)8-10-6-7-17-11(10)12-13-15-16-14-12/h1-7H,8H2,(H,13,14,15,16). The maximum Gasteiger partial charge on any atom is 0.240 e. The molecular formula is C12H10N4O. The fourth-order valence-electron chi connectivity index (χ4n) is 1.74. The van der Waals surface area contributed by atoms with E-state index in [0.29, 0.717) is 11.6 Å². The molecule has 0 radical (unpaired) electrons. The normalized spacial score (nSPS) is 10.6. The van der Waals surface area contributed by atoms with E-state index >= 15 is 0 Å². The first-order valence-corrected chi connectivity index (χ1v) is 5.27. The van der Waals surface area contributed by atoms with E-state index in [2.05, 4.69) is 32.8 Å². The summed E-state index contributed by atoms with van der Waals surface area (Å²) < 4.78 is 5.40. The molecule has 0 bridgehead atoms. The smallest absolute Gasteiger partial charge is 0.240 e. The van der Waals surface area contributed by atoms with Gasteiger partial charge in [-0.1, -0.05) is 30.3 Å². The predicted molar refractivity (Wildman–Crippen MR) is 61.1 cm³/mol. The number of furan rings is 1. The summed E-state index contributed by atoms with van der Waals surface area (Å²) in [5.74, 6) is 1.16. The van der Waals surface area contributed by atoms with Gasteiger partial charge in [-0.25, -0.2) is 0 Å². The van der Waals surface area contributed by atoms with Crippen molar-refractivity contribution in [2.75, 3.05) is 0 Å². The van der Waals surface area contributed by atoms with Crippen molar-refractivity contribution >= 4 is 0 Å². The van der Waals surface area contributed by atoms with Crippen LogP contribution in [-0.2, 0) is 6.42 Å². The summed E-state index contributed by atoms with van der Waals surface area (Å²) in [7, 11) is 0. The number of aromatic nitrogens is 4. The second-order valence-electron chi connectivity index (χ2n) is 3.67. The highest BCUT2D eigenvalue weighted by molar-refractivity contribution is 5.52. The van der Waals surface area contributed by atoms with E-state index in [1.54, 1.807) is 6.26 Å². The number of nitrogens with one attached hydrogen (secondary N) is 1. The number of hydrogen-bond donors (Lipinski definition) is 1. The second kappa shape index (κ2) is 4.21. The van der Waals surface area contributed by atoms with Crippen molar-refractivity contribution in [1.29, 1.82) is 0 Å². The van der Waals surface area contributed by atoms with Gasteiger partial charge in [-0.2, -0.15) is 5.21 Å². The van der Waals surface area contributed by atoms with Crippen LogP contribution >= 0.6 is 0 Å². The van der Waals surface area contributed by atoms with Gasteiger partial charge >= 0.3 is 0 Å². The average molecular weight is 226 g/mol. The lowest BCUT2D eigenvalue weighted by Gasteiger charge is -1.99. The minimum absolute atomic E-state index is 0.487. The summed E-state index contributed by atoms with van der Waals surface area (Å²) in [6, 6.07) is 12.1. The molecule has 0 aliphatic heterocycles. The van der Waals surface area contributed by atoms with Gasteiger partial charge in [0.1, 0.15) is 0 Å². The highest BCUT2D eigenvalue weighted by atomic mass is 16.3. The van der Waals surface area contributed by atoms with E-state index in [-0.39, 0.29) is 0 Å². The summed E-state index contributed by atoms with van der Waals surface area (Å²) in [6.07, 6.45) is 2.44. The van der Waals surface area contributed by atoms with Crippen LogP contribution in [0.5, 0.6) is 0 Å². The molecule has 5 heteroatoms. The van der Waals surface area contributed by atoms with Crippen LogP contribution in [0, 0.1) is 0 Å². The third-order valence-electron chi connectivity index (χ3n) is 2.53. The van der Waals surface area contributed by atoms with Gasteiger partial charge in [0.2, 0.25) is 5.82 Å². The van der Waals surface area contributed by atoms with Crippen LogP contribution in [-0.4, -0.2) is 20.6 Å². The first kappa shape index (κ1) is 9.77. The van der Waals surface area contributed by atoms with Crippen LogP contribution in [0.1, 0.15) is 11.1 Å². The Morgan fingerprint density at radius 3 is 2.76 bits per heavy atom. The molecule has 0 spiro atoms. The molecule has 0 saturated heterocycles. The van der Waals surface area contributed by atoms with E-state index in [4.69, 9.17) is 4.42 Å². The fraction of sp³-hybridized carbons (Fsp3) is 0.0833. The molecule has 17 heavy (non-hydrogen) atoms. The Morgan fingerprint density at radius 2 is 2.00 bits per heavy atom. The van der Waals surface area contributed by atoms with Crippen LogP contribution < -0.4 is 0 Å². The van der Waals surface area contributed by atoms with E-state index in [1.807, 2.05) is 24.3 Å². The Kier molecular flexibility index (Phi) is 2.42. The van der Waals surface area contributed by atoms with Crippen molar-refractivity contribution in [1.82, 2.24) is 20.6 Å². The summed E-state index contributed by atoms with van der Waals surface area (Å²) >= 11 is 0. The van der Waals surface area contributed by atoms with Gasteiger partial charge in [0.25, 0.3) is 0 Å². The Labute approximate surface area is 97.5 Å². The van der Waals surface area contributed by atoms with Crippen molar-refractivity contribution in [2.24, 2.45) is 0 Å². The molecule has 0 unspecified atom stereocenters. The number of nitrogens with zero attached hydrogens (tertiary/aromatic N) is 3. The fourth-order valence-corrected chi connectivity index (χ4v) is 1.74. The molecule has 1 N–H and O–H groups in total. The second-order valence-corrected chi connectivity index (χ2v) is 3.67. The van der Waals surface area contributed by atoms with Crippen molar-refractivity contribution in [3.8, 4) is 11.6 Å². The molecule has 0 fully saturated rings. The Morgan fingerprint density at radius 1 is 1.12 bits per heavy atom. The molecule has 1 aromatic carbocycles. The molecule has 0 saturated carbocycles. The molecule has 84 valence electrons. The lowest BCUT2D eigenvalue weighted by molar-refractivity contribution is 0.575. The van der Waals surface area contributed by atoms with Crippen molar-refractivity contribution in [3.05, 3.63) is 53.8 Å². The molecule has 2 heterocycles. The monoisotopic (exact) mass is 226 g/mol. The van der Waals surface area contributed by atoms with Gasteiger partial charge in [0, 0.05) is 12.0 Å². The first-order valence-electron chi connectivity index (χ1n) is 5.27. The van der Waals surface area contributed by atoms with E-state index in [0.717, 1.165) is 12.0 Å². The number of aromatic amines is 1. The van der Waals surface area contributed by atoms with Crippen molar-refractivity contribution in [3.63, 3.8) is 0 Å². The van der Waals surface area contributed by atoms with E-state index < -0.39 is 0 Å². The highest BCUT2D eigenvalue weighted by Crippen LogP contribution is 2.23. The summed E-state index contributed by atoms with van der Waals surface area (Å²) in [5, 5.41) is 13.8. The SMILES string of the molecule is c1ccc(Cc2ccoc2-c2nn[nH]n2)cc1. The largest absolute Gasteiger partial charge is 0.461 e. The van der Waals surface area contributed by atoms with Gasteiger partial charge in [-0.15, -0.1) is 10.2 Å². The number of H-pyrrole nitrogens is 1. The molecule has 0 atom stereocenters. The average Bonchev–Trinajstić information content (AvgIpc) is 3.00. The van der Waals surface area contributed by atoms with Crippen LogP contribution in [0.15, 0.2) is 47.1 Å². The number of benzene rings is 1. The maximum atomic E-state index is 5.40. The molecule has 3 aromatic rings. The number of hydrogen-bond acceptors (Lipinski definition) is 4. The summed E-state index contributed by atoms with van der Waals surface area (Å²) in [4.78, 5) is 0. The Hall–Kier alpha value is -2.43. The zero-order chi connectivity index (χ0) is 11.5. The highest BCUT2D eigenvalue weighted by Gasteiger charge is 2.13. The van der Waals surface area contributed by atoms with E-state index in [9.17, 15) is 0 Å². The number of rotatable bonds is 3. The van der Waals surface area contributed by atoms with Gasteiger partial charge in [0.05, 0.1) is 6.26 Å². The van der Waals surface area contributed by atoms with Crippen LogP contribution in [0.2, 0.25) is 0 Å². The van der Waals surface area contributed by atoms with Crippen molar-refractivity contribution < 1.29 is 4.42 Å². The molecule has 0 amide bonds. The minimum Gasteiger partial charge on any atom is -0.461 e. The molecular weight excluding hydrogens is 216 g/mol. The lowest BCUT2D eigenvalue weighted by Crippen LogP contribution is -1.89. The Balaban J connectivity index is 1.92. The van der Waals surface area contributed by atoms with Gasteiger partial charge in [0.15, 0.2) is 5.76 Å². The zero-order valence-corrected chi connectivity index (χ0v) is 9.00. The zero-order valence-electron chi connectivity index (χ0n) is 9.00. The number of tetrazole rings is 1. The van der Waals surface area contributed by atoms with Crippen molar-refractivity contribution in [2.45, 2.75) is 6.42 Å². The van der Waals surface area contributed by atoms with Crippen LogP contribution in [0.25, 0.3) is 11.6 Å². The maximum absolute atomic E-state index is 5.40. The van der Waals surface area contributed by atoms with Gasteiger partial charge in [-0.05, 0) is 16.8 Å². The minimum atomic E-state index is 0.487. The summed E-state index contributed by atoms with van der Waals surface area (Å²) in [6.45, 7) is 0. The molecule has 5 nitrogen and oxygen atoms in total. The van der Waals surface area contributed by atoms with Gasteiger partial charge < -0.3 is 4.42 Å². The quantitative estimate of drug-likeness (QED) is 0.742. The van der Waals surface area contributed by atoms with E-state index in [1.165, 1.54) is 5.56 Å². The molecule has 3 rings (SSSR count). The molecule has 0 aliphatic carbocycles. The summed E-state index contributed by atoms with van der Waals surface area (Å²) in [5.41, 5.74) is 2.27. The lowest BCUT2D eigenvalue weighted by atomic mass is 10.1. The van der Waals surface area contributed by atoms with Crippen LogP contribution in [0.4, 0.5) is 0 Å². The molecule has 2 aromatic heterocycles. The third kappa shape index (κ3) is 1.94. The topological polar surface area (TPSA) is 67.6 Å². The molecule has 0 aliphatic rings. The third-order valence-corrected chi connectivity index (χ3v) is 2.53. The van der Waals surface area contributed by atoms with Crippen LogP contribution in [0.3, 0.4) is 0 Å².